The molecular formula is C19H22ClNO2. The summed E-state index contributed by atoms with van der Waals surface area (Å²) in [4.78, 5) is 14.8. The Kier molecular flexibility index (Phi) is 5.06. The maximum atomic E-state index is 12.3. The van der Waals surface area contributed by atoms with Crippen LogP contribution >= 0.6 is 11.6 Å². The van der Waals surface area contributed by atoms with Gasteiger partial charge in [-0.15, -0.1) is 0 Å². The van der Waals surface area contributed by atoms with Crippen LogP contribution in [0.3, 0.4) is 0 Å². The lowest BCUT2D eigenvalue weighted by atomic mass is 9.90. The first-order valence-electron chi connectivity index (χ1n) is 8.30. The van der Waals surface area contributed by atoms with Crippen molar-refractivity contribution in [1.29, 1.82) is 0 Å². The van der Waals surface area contributed by atoms with Gasteiger partial charge in [0.2, 0.25) is 0 Å². The van der Waals surface area contributed by atoms with E-state index in [0.717, 1.165) is 42.6 Å². The zero-order valence-corrected chi connectivity index (χ0v) is 14.2. The number of esters is 1. The molecule has 0 amide bonds. The molecule has 3 rings (SSSR count). The lowest BCUT2D eigenvalue weighted by Crippen LogP contribution is -2.22. The summed E-state index contributed by atoms with van der Waals surface area (Å²) in [5.74, 6) is -0.200. The Morgan fingerprint density at radius 3 is 2.52 bits per heavy atom. The molecule has 122 valence electrons. The molecule has 0 N–H and O–H groups in total. The summed E-state index contributed by atoms with van der Waals surface area (Å²) in [7, 11) is 0. The summed E-state index contributed by atoms with van der Waals surface area (Å²) in [6.45, 7) is 4.48. The van der Waals surface area contributed by atoms with E-state index < -0.39 is 0 Å². The molecule has 1 heterocycles. The average Bonchev–Trinajstić information content (AvgIpc) is 3.10. The van der Waals surface area contributed by atoms with Crippen LogP contribution in [0.5, 0.6) is 0 Å². The third kappa shape index (κ3) is 3.61. The molecule has 0 aromatic heterocycles. The van der Waals surface area contributed by atoms with Crippen molar-refractivity contribution in [2.24, 2.45) is 0 Å². The van der Waals surface area contributed by atoms with Gasteiger partial charge in [-0.3, -0.25) is 0 Å². The number of rotatable bonds is 4. The lowest BCUT2D eigenvalue weighted by molar-refractivity contribution is -0.138. The highest BCUT2D eigenvalue weighted by molar-refractivity contribution is 6.30. The highest BCUT2D eigenvalue weighted by atomic mass is 35.5. The monoisotopic (exact) mass is 331 g/mol. The SMILES string of the molecule is CCOC(=O)C1=C(c2ccc(Cl)cc2)C=C(N2CCCC2)CC1. The van der Waals surface area contributed by atoms with Crippen LogP contribution in [0.1, 0.15) is 38.2 Å². The highest BCUT2D eigenvalue weighted by Crippen LogP contribution is 2.34. The van der Waals surface area contributed by atoms with E-state index in [9.17, 15) is 4.79 Å². The third-order valence-corrected chi connectivity index (χ3v) is 4.71. The van der Waals surface area contributed by atoms with Gasteiger partial charge in [-0.25, -0.2) is 4.79 Å². The van der Waals surface area contributed by atoms with Gasteiger partial charge in [-0.05, 0) is 62.0 Å². The maximum Gasteiger partial charge on any atom is 0.334 e. The molecule has 0 spiro atoms. The van der Waals surface area contributed by atoms with Gasteiger partial charge in [0.1, 0.15) is 0 Å². The van der Waals surface area contributed by atoms with Crippen molar-refractivity contribution < 1.29 is 9.53 Å². The van der Waals surface area contributed by atoms with Crippen molar-refractivity contribution in [3.05, 3.63) is 52.2 Å². The molecule has 1 saturated heterocycles. The van der Waals surface area contributed by atoms with Crippen molar-refractivity contribution in [3.63, 3.8) is 0 Å². The van der Waals surface area contributed by atoms with Gasteiger partial charge < -0.3 is 9.64 Å². The van der Waals surface area contributed by atoms with Crippen molar-refractivity contribution in [2.75, 3.05) is 19.7 Å². The van der Waals surface area contributed by atoms with Crippen molar-refractivity contribution in [2.45, 2.75) is 32.6 Å². The topological polar surface area (TPSA) is 29.5 Å². The molecule has 1 aliphatic heterocycles. The van der Waals surface area contributed by atoms with Crippen LogP contribution in [0.4, 0.5) is 0 Å². The van der Waals surface area contributed by atoms with E-state index in [1.165, 1.54) is 18.5 Å². The van der Waals surface area contributed by atoms with Gasteiger partial charge >= 0.3 is 5.97 Å². The molecule has 1 aromatic rings. The maximum absolute atomic E-state index is 12.3. The van der Waals surface area contributed by atoms with Crippen molar-refractivity contribution in [3.8, 4) is 0 Å². The number of benzene rings is 1. The molecule has 0 atom stereocenters. The van der Waals surface area contributed by atoms with Crippen LogP contribution in [0.2, 0.25) is 5.02 Å². The summed E-state index contributed by atoms with van der Waals surface area (Å²) < 4.78 is 5.25. The first-order chi connectivity index (χ1) is 11.2. The number of halogens is 1. The van der Waals surface area contributed by atoms with Crippen molar-refractivity contribution in [1.82, 2.24) is 4.90 Å². The molecule has 3 nitrogen and oxygen atoms in total. The number of likely N-dealkylation sites (tertiary alicyclic amines) is 1. The second-order valence-corrected chi connectivity index (χ2v) is 6.39. The lowest BCUT2D eigenvalue weighted by Gasteiger charge is -2.27. The minimum Gasteiger partial charge on any atom is -0.463 e. The summed E-state index contributed by atoms with van der Waals surface area (Å²) in [6.07, 6.45) is 6.32. The van der Waals surface area contributed by atoms with Gasteiger partial charge in [-0.2, -0.15) is 0 Å². The van der Waals surface area contributed by atoms with Crippen LogP contribution in [-0.4, -0.2) is 30.6 Å². The molecule has 1 aromatic carbocycles. The van der Waals surface area contributed by atoms with Crippen LogP contribution in [0.15, 0.2) is 41.6 Å². The largest absolute Gasteiger partial charge is 0.463 e. The summed E-state index contributed by atoms with van der Waals surface area (Å²) >= 11 is 6.00. The fraction of sp³-hybridized carbons (Fsp3) is 0.421. The molecule has 1 fully saturated rings. The van der Waals surface area contributed by atoms with Gasteiger partial charge in [0.05, 0.1) is 6.61 Å². The predicted octanol–water partition coefficient (Wildman–Crippen LogP) is 4.43. The second kappa shape index (κ2) is 7.22. The van der Waals surface area contributed by atoms with Gasteiger partial charge in [0.15, 0.2) is 0 Å². The Hall–Kier alpha value is -1.74. The Balaban J connectivity index is 1.99. The molecule has 4 heteroatoms. The van der Waals surface area contributed by atoms with Gasteiger partial charge in [-0.1, -0.05) is 23.7 Å². The molecular weight excluding hydrogens is 310 g/mol. The van der Waals surface area contributed by atoms with E-state index in [0.29, 0.717) is 11.6 Å². The Labute approximate surface area is 142 Å². The molecule has 0 saturated carbocycles. The number of carbonyl (C=O) groups is 1. The molecule has 2 aliphatic rings. The standard InChI is InChI=1S/C19H22ClNO2/c1-2-23-19(22)17-10-9-16(21-11-3-4-12-21)13-18(17)14-5-7-15(20)8-6-14/h5-8,13H,2-4,9-12H2,1H3. The number of ether oxygens (including phenoxy) is 1. The quantitative estimate of drug-likeness (QED) is 0.764. The Morgan fingerprint density at radius 2 is 1.87 bits per heavy atom. The zero-order chi connectivity index (χ0) is 16.2. The number of hydrogen-bond donors (Lipinski definition) is 0. The van der Waals surface area contributed by atoms with Crippen LogP contribution in [-0.2, 0) is 9.53 Å². The van der Waals surface area contributed by atoms with Crippen molar-refractivity contribution >= 4 is 23.1 Å². The molecule has 0 bridgehead atoms. The summed E-state index contributed by atoms with van der Waals surface area (Å²) in [5, 5.41) is 0.701. The third-order valence-electron chi connectivity index (χ3n) is 4.46. The number of carbonyl (C=O) groups excluding carboxylic acids is 1. The normalized spacial score (nSPS) is 18.2. The molecule has 23 heavy (non-hydrogen) atoms. The van der Waals surface area contributed by atoms with E-state index >= 15 is 0 Å². The van der Waals surface area contributed by atoms with Crippen LogP contribution < -0.4 is 0 Å². The molecule has 0 unspecified atom stereocenters. The second-order valence-electron chi connectivity index (χ2n) is 5.95. The molecule has 0 radical (unpaired) electrons. The smallest absolute Gasteiger partial charge is 0.334 e. The number of nitrogens with zero attached hydrogens (tertiary/aromatic N) is 1. The zero-order valence-electron chi connectivity index (χ0n) is 13.5. The van der Waals surface area contributed by atoms with Crippen LogP contribution in [0, 0.1) is 0 Å². The van der Waals surface area contributed by atoms with E-state index in [1.54, 1.807) is 0 Å². The number of allylic oxidation sites excluding steroid dienone is 3. The van der Waals surface area contributed by atoms with Gasteiger partial charge in [0, 0.05) is 29.4 Å². The predicted molar refractivity (Wildman–Crippen MR) is 93.1 cm³/mol. The number of hydrogen-bond acceptors (Lipinski definition) is 3. The summed E-state index contributed by atoms with van der Waals surface area (Å²) in [5.41, 5.74) is 4.11. The fourth-order valence-corrected chi connectivity index (χ4v) is 3.41. The van der Waals surface area contributed by atoms with E-state index in [2.05, 4.69) is 11.0 Å². The van der Waals surface area contributed by atoms with E-state index in [1.807, 2.05) is 31.2 Å². The fourth-order valence-electron chi connectivity index (χ4n) is 3.28. The summed E-state index contributed by atoms with van der Waals surface area (Å²) in [6, 6.07) is 7.68. The minimum absolute atomic E-state index is 0.200. The average molecular weight is 332 g/mol. The highest BCUT2D eigenvalue weighted by Gasteiger charge is 2.25. The van der Waals surface area contributed by atoms with Crippen LogP contribution in [0.25, 0.3) is 5.57 Å². The minimum atomic E-state index is -0.200. The van der Waals surface area contributed by atoms with E-state index in [-0.39, 0.29) is 5.97 Å². The molecule has 1 aliphatic carbocycles. The van der Waals surface area contributed by atoms with Gasteiger partial charge in [0.25, 0.3) is 0 Å². The Morgan fingerprint density at radius 1 is 1.17 bits per heavy atom. The Bertz CT molecular complexity index is 640. The first kappa shape index (κ1) is 16.1. The van der Waals surface area contributed by atoms with E-state index in [4.69, 9.17) is 16.3 Å². The first-order valence-corrected chi connectivity index (χ1v) is 8.68.